The second-order valence-corrected chi connectivity index (χ2v) is 5.22. The van der Waals surface area contributed by atoms with E-state index in [2.05, 4.69) is 15.6 Å². The van der Waals surface area contributed by atoms with Crippen LogP contribution in [0.4, 0.5) is 0 Å². The largest absolute Gasteiger partial charge is 0.342 e. The minimum absolute atomic E-state index is 0. The number of nitrogens with zero attached hydrogens (tertiary/aromatic N) is 4. The summed E-state index contributed by atoms with van der Waals surface area (Å²) >= 11 is 0. The molecule has 1 N–H and O–H groups in total. The molecular weight excluding hydrogens is 266 g/mol. The van der Waals surface area contributed by atoms with Crippen LogP contribution in [-0.2, 0) is 11.3 Å². The third kappa shape index (κ3) is 3.25. The number of piperidine rings is 1. The van der Waals surface area contributed by atoms with Crippen LogP contribution in [0.3, 0.4) is 0 Å². The molecule has 0 radical (unpaired) electrons. The molecule has 19 heavy (non-hydrogen) atoms. The molecule has 2 unspecified atom stereocenters. The van der Waals surface area contributed by atoms with E-state index in [1.165, 1.54) is 0 Å². The van der Waals surface area contributed by atoms with Crippen LogP contribution in [-0.4, -0.2) is 52.0 Å². The average molecular weight is 286 g/mol. The quantitative estimate of drug-likeness (QED) is 0.859. The second kappa shape index (κ2) is 6.34. The Hall–Kier alpha value is -1.14. The van der Waals surface area contributed by atoms with Crippen LogP contribution < -0.4 is 5.32 Å². The molecule has 106 valence electrons. The maximum absolute atomic E-state index is 12.1. The summed E-state index contributed by atoms with van der Waals surface area (Å²) in [5, 5.41) is 11.0. The molecule has 2 aliphatic heterocycles. The lowest BCUT2D eigenvalue weighted by Gasteiger charge is -2.34. The van der Waals surface area contributed by atoms with Crippen LogP contribution in [0.2, 0.25) is 0 Å². The lowest BCUT2D eigenvalue weighted by atomic mass is 9.88. The minimum Gasteiger partial charge on any atom is -0.342 e. The number of carbonyl (C=O) groups is 1. The van der Waals surface area contributed by atoms with Crippen LogP contribution in [0.1, 0.15) is 12.8 Å². The van der Waals surface area contributed by atoms with Gasteiger partial charge in [0.2, 0.25) is 5.91 Å². The number of nitrogens with one attached hydrogen (secondary N) is 1. The van der Waals surface area contributed by atoms with Crippen LogP contribution in [0, 0.1) is 11.8 Å². The predicted molar refractivity (Wildman–Crippen MR) is 72.9 cm³/mol. The highest BCUT2D eigenvalue weighted by molar-refractivity contribution is 5.85. The maximum atomic E-state index is 12.1. The molecule has 3 rings (SSSR count). The topological polar surface area (TPSA) is 63.1 Å². The summed E-state index contributed by atoms with van der Waals surface area (Å²) < 4.78 is 1.71. The smallest absolute Gasteiger partial charge is 0.224 e. The summed E-state index contributed by atoms with van der Waals surface area (Å²) in [6.07, 6.45) is 5.10. The Morgan fingerprint density at radius 2 is 2.21 bits per heavy atom. The number of fused-ring (bicyclic) bond motifs is 1. The zero-order valence-electron chi connectivity index (χ0n) is 10.9. The Balaban J connectivity index is 0.00000133. The molecule has 0 aromatic carbocycles. The van der Waals surface area contributed by atoms with Crippen molar-refractivity contribution in [2.45, 2.75) is 19.4 Å². The minimum atomic E-state index is 0. The van der Waals surface area contributed by atoms with E-state index < -0.39 is 0 Å². The van der Waals surface area contributed by atoms with E-state index in [1.807, 2.05) is 4.90 Å². The molecule has 7 heteroatoms. The van der Waals surface area contributed by atoms with Crippen molar-refractivity contribution in [2.24, 2.45) is 11.8 Å². The highest BCUT2D eigenvalue weighted by Crippen LogP contribution is 2.26. The zero-order valence-corrected chi connectivity index (χ0v) is 11.7. The van der Waals surface area contributed by atoms with Gasteiger partial charge in [0.15, 0.2) is 0 Å². The van der Waals surface area contributed by atoms with Gasteiger partial charge < -0.3 is 10.2 Å². The van der Waals surface area contributed by atoms with E-state index in [9.17, 15) is 4.79 Å². The number of aryl methyl sites for hydroxylation is 1. The van der Waals surface area contributed by atoms with Crippen molar-refractivity contribution in [1.82, 2.24) is 25.2 Å². The molecular formula is C12H20ClN5O. The maximum Gasteiger partial charge on any atom is 0.224 e. The molecule has 6 nitrogen and oxygen atoms in total. The van der Waals surface area contributed by atoms with E-state index in [-0.39, 0.29) is 18.3 Å². The standard InChI is InChI=1S/C12H19N5O.ClH/c18-12(2-5-17-6-3-14-15-17)16-4-1-10-7-13-8-11(10)9-16;/h3,6,10-11,13H,1-2,4-5,7-9H2;1H. The number of likely N-dealkylation sites (tertiary alicyclic amines) is 1. The first kappa shape index (κ1) is 14.3. The van der Waals surface area contributed by atoms with E-state index in [0.717, 1.165) is 38.5 Å². The van der Waals surface area contributed by atoms with Gasteiger partial charge in [0, 0.05) is 25.7 Å². The Morgan fingerprint density at radius 1 is 1.37 bits per heavy atom. The van der Waals surface area contributed by atoms with Crippen molar-refractivity contribution < 1.29 is 4.79 Å². The van der Waals surface area contributed by atoms with E-state index in [0.29, 0.717) is 18.9 Å². The van der Waals surface area contributed by atoms with Gasteiger partial charge in [0.05, 0.1) is 12.7 Å². The summed E-state index contributed by atoms with van der Waals surface area (Å²) in [6, 6.07) is 0. The van der Waals surface area contributed by atoms with Crippen molar-refractivity contribution in [3.05, 3.63) is 12.4 Å². The van der Waals surface area contributed by atoms with Gasteiger partial charge in [-0.1, -0.05) is 5.21 Å². The fourth-order valence-corrected chi connectivity index (χ4v) is 2.98. The summed E-state index contributed by atoms with van der Waals surface area (Å²) in [6.45, 7) is 4.66. The first-order valence-electron chi connectivity index (χ1n) is 6.65. The van der Waals surface area contributed by atoms with Gasteiger partial charge in [-0.15, -0.1) is 17.5 Å². The van der Waals surface area contributed by atoms with E-state index >= 15 is 0 Å². The Labute approximate surface area is 118 Å². The van der Waals surface area contributed by atoms with E-state index in [4.69, 9.17) is 0 Å². The molecule has 0 spiro atoms. The molecule has 2 fully saturated rings. The molecule has 1 amide bonds. The van der Waals surface area contributed by atoms with Crippen molar-refractivity contribution in [3.8, 4) is 0 Å². The van der Waals surface area contributed by atoms with E-state index in [1.54, 1.807) is 17.1 Å². The molecule has 2 saturated heterocycles. The van der Waals surface area contributed by atoms with Crippen LogP contribution >= 0.6 is 12.4 Å². The Kier molecular flexibility index (Phi) is 4.76. The van der Waals surface area contributed by atoms with Crippen molar-refractivity contribution in [1.29, 1.82) is 0 Å². The van der Waals surface area contributed by atoms with Gasteiger partial charge in [-0.25, -0.2) is 0 Å². The van der Waals surface area contributed by atoms with Crippen molar-refractivity contribution in [3.63, 3.8) is 0 Å². The highest BCUT2D eigenvalue weighted by atomic mass is 35.5. The van der Waals surface area contributed by atoms with Gasteiger partial charge in [-0.05, 0) is 31.3 Å². The van der Waals surface area contributed by atoms with Gasteiger partial charge >= 0.3 is 0 Å². The normalized spacial score (nSPS) is 25.8. The number of rotatable bonds is 3. The number of aromatic nitrogens is 3. The molecule has 0 bridgehead atoms. The summed E-state index contributed by atoms with van der Waals surface area (Å²) in [5.74, 6) is 1.69. The molecule has 0 saturated carbocycles. The molecule has 1 aromatic rings. The lowest BCUT2D eigenvalue weighted by molar-refractivity contribution is -0.133. The van der Waals surface area contributed by atoms with Gasteiger partial charge in [-0.3, -0.25) is 9.48 Å². The van der Waals surface area contributed by atoms with Crippen molar-refractivity contribution in [2.75, 3.05) is 26.2 Å². The predicted octanol–water partition coefficient (Wildman–Crippen LogP) is 0.158. The molecule has 0 aliphatic carbocycles. The lowest BCUT2D eigenvalue weighted by Crippen LogP contribution is -2.43. The molecule has 3 heterocycles. The summed E-state index contributed by atoms with van der Waals surface area (Å²) in [5.41, 5.74) is 0. The van der Waals surface area contributed by atoms with Gasteiger partial charge in [0.25, 0.3) is 0 Å². The zero-order chi connectivity index (χ0) is 12.4. The monoisotopic (exact) mass is 285 g/mol. The van der Waals surface area contributed by atoms with Gasteiger partial charge in [-0.2, -0.15) is 0 Å². The number of carbonyl (C=O) groups excluding carboxylic acids is 1. The SMILES string of the molecule is Cl.O=C(CCn1ccnn1)N1CCC2CNCC2C1. The fourth-order valence-electron chi connectivity index (χ4n) is 2.98. The Morgan fingerprint density at radius 3 is 3.00 bits per heavy atom. The van der Waals surface area contributed by atoms with Crippen LogP contribution in [0.5, 0.6) is 0 Å². The number of hydrogen-bond acceptors (Lipinski definition) is 4. The highest BCUT2D eigenvalue weighted by Gasteiger charge is 2.34. The number of halogens is 1. The summed E-state index contributed by atoms with van der Waals surface area (Å²) in [7, 11) is 0. The van der Waals surface area contributed by atoms with Gasteiger partial charge in [0.1, 0.15) is 0 Å². The molecule has 1 aromatic heterocycles. The average Bonchev–Trinajstić information content (AvgIpc) is 3.05. The third-order valence-corrected chi connectivity index (χ3v) is 4.08. The fraction of sp³-hybridized carbons (Fsp3) is 0.750. The van der Waals surface area contributed by atoms with Crippen LogP contribution in [0.25, 0.3) is 0 Å². The number of amides is 1. The number of hydrogen-bond donors (Lipinski definition) is 1. The third-order valence-electron chi connectivity index (χ3n) is 4.08. The molecule has 2 aliphatic rings. The van der Waals surface area contributed by atoms with Crippen molar-refractivity contribution >= 4 is 18.3 Å². The van der Waals surface area contributed by atoms with Crippen LogP contribution in [0.15, 0.2) is 12.4 Å². The second-order valence-electron chi connectivity index (χ2n) is 5.22. The summed E-state index contributed by atoms with van der Waals surface area (Å²) in [4.78, 5) is 14.1. The first-order chi connectivity index (χ1) is 8.83. The Bertz CT molecular complexity index is 410. The first-order valence-corrected chi connectivity index (χ1v) is 6.65. The molecule has 2 atom stereocenters.